The maximum absolute atomic E-state index is 10.7. The lowest BCUT2D eigenvalue weighted by molar-refractivity contribution is 0.0690. The van der Waals surface area contributed by atoms with Gasteiger partial charge < -0.3 is 5.11 Å². The number of nitrogens with zero attached hydrogens (tertiary/aromatic N) is 1. The van der Waals surface area contributed by atoms with E-state index in [-0.39, 0.29) is 5.69 Å². The van der Waals surface area contributed by atoms with Crippen LogP contribution in [0, 0.1) is 0 Å². The van der Waals surface area contributed by atoms with Gasteiger partial charge in [-0.3, -0.25) is 0 Å². The molecule has 0 aliphatic carbocycles. The number of pyridine rings is 1. The van der Waals surface area contributed by atoms with Gasteiger partial charge in [0, 0.05) is 11.0 Å². The Morgan fingerprint density at radius 1 is 1.60 bits per heavy atom. The number of thioether (sulfide) groups is 1. The summed E-state index contributed by atoms with van der Waals surface area (Å²) < 4.78 is 0. The molecule has 3 nitrogen and oxygen atoms in total. The molecule has 1 aromatic rings. The standard InChI is InChI=1S/C11H15NO2S/c1-3-8(2)15-7-9-5-4-6-10(12-9)11(13)14/h4-6,8H,3,7H2,1-2H3,(H,13,14). The molecule has 82 valence electrons. The summed E-state index contributed by atoms with van der Waals surface area (Å²) >= 11 is 1.79. The van der Waals surface area contributed by atoms with Gasteiger partial charge in [0.05, 0.1) is 5.69 Å². The Morgan fingerprint density at radius 2 is 2.33 bits per heavy atom. The minimum Gasteiger partial charge on any atom is -0.477 e. The predicted molar refractivity (Wildman–Crippen MR) is 62.2 cm³/mol. The molecule has 0 aromatic carbocycles. The molecule has 0 radical (unpaired) electrons. The molecule has 0 saturated heterocycles. The largest absolute Gasteiger partial charge is 0.477 e. The second kappa shape index (κ2) is 5.75. The van der Waals surface area contributed by atoms with Crippen LogP contribution in [-0.4, -0.2) is 21.3 Å². The van der Waals surface area contributed by atoms with E-state index < -0.39 is 5.97 Å². The molecule has 0 fully saturated rings. The van der Waals surface area contributed by atoms with Gasteiger partial charge in [-0.05, 0) is 18.6 Å². The summed E-state index contributed by atoms with van der Waals surface area (Å²) in [5.41, 5.74) is 0.956. The number of hydrogen-bond acceptors (Lipinski definition) is 3. The summed E-state index contributed by atoms with van der Waals surface area (Å²) in [6, 6.07) is 5.12. The minimum atomic E-state index is -0.967. The fourth-order valence-electron chi connectivity index (χ4n) is 1.02. The van der Waals surface area contributed by atoms with Gasteiger partial charge in [-0.1, -0.05) is 19.9 Å². The first-order chi connectivity index (χ1) is 7.13. The van der Waals surface area contributed by atoms with Gasteiger partial charge >= 0.3 is 5.97 Å². The highest BCUT2D eigenvalue weighted by molar-refractivity contribution is 7.99. The van der Waals surface area contributed by atoms with Crippen LogP contribution in [0.4, 0.5) is 0 Å². The molecule has 1 aromatic heterocycles. The highest BCUT2D eigenvalue weighted by Gasteiger charge is 2.06. The van der Waals surface area contributed by atoms with Gasteiger partial charge in [0.25, 0.3) is 0 Å². The Balaban J connectivity index is 2.62. The van der Waals surface area contributed by atoms with E-state index in [1.54, 1.807) is 17.8 Å². The Hall–Kier alpha value is -1.03. The number of aromatic carboxylic acids is 1. The zero-order valence-electron chi connectivity index (χ0n) is 8.93. The summed E-state index contributed by atoms with van der Waals surface area (Å²) in [7, 11) is 0. The van der Waals surface area contributed by atoms with Crippen LogP contribution in [0.3, 0.4) is 0 Å². The van der Waals surface area contributed by atoms with Crippen molar-refractivity contribution >= 4 is 17.7 Å². The van der Waals surface area contributed by atoms with Crippen molar-refractivity contribution in [2.75, 3.05) is 0 Å². The first-order valence-corrected chi connectivity index (χ1v) is 5.99. The van der Waals surface area contributed by atoms with E-state index in [1.807, 2.05) is 6.07 Å². The summed E-state index contributed by atoms with van der Waals surface area (Å²) in [6.07, 6.45) is 1.11. The monoisotopic (exact) mass is 225 g/mol. The third kappa shape index (κ3) is 3.91. The van der Waals surface area contributed by atoms with Gasteiger partial charge in [-0.25, -0.2) is 9.78 Å². The van der Waals surface area contributed by atoms with Crippen LogP contribution in [0.25, 0.3) is 0 Å². The van der Waals surface area contributed by atoms with Crippen molar-refractivity contribution in [3.05, 3.63) is 29.6 Å². The highest BCUT2D eigenvalue weighted by atomic mass is 32.2. The Labute approximate surface area is 93.9 Å². The SMILES string of the molecule is CCC(C)SCc1cccc(C(=O)O)n1. The molecule has 0 saturated carbocycles. The summed E-state index contributed by atoms with van der Waals surface area (Å²) in [4.78, 5) is 14.7. The zero-order chi connectivity index (χ0) is 11.3. The second-order valence-corrected chi connectivity index (χ2v) is 4.78. The number of aromatic nitrogens is 1. The Kier molecular flexibility index (Phi) is 4.62. The summed E-state index contributed by atoms with van der Waals surface area (Å²) in [5, 5.41) is 9.35. The Bertz CT molecular complexity index is 341. The maximum atomic E-state index is 10.7. The molecule has 1 rings (SSSR count). The Morgan fingerprint density at radius 3 is 2.93 bits per heavy atom. The first-order valence-electron chi connectivity index (χ1n) is 4.94. The van der Waals surface area contributed by atoms with E-state index in [4.69, 9.17) is 5.11 Å². The van der Waals surface area contributed by atoms with Gasteiger partial charge in [0.1, 0.15) is 5.69 Å². The van der Waals surface area contributed by atoms with E-state index in [2.05, 4.69) is 18.8 Å². The van der Waals surface area contributed by atoms with Crippen LogP contribution >= 0.6 is 11.8 Å². The van der Waals surface area contributed by atoms with Crippen LogP contribution < -0.4 is 0 Å². The van der Waals surface area contributed by atoms with Crippen LogP contribution in [0.1, 0.15) is 36.5 Å². The maximum Gasteiger partial charge on any atom is 0.354 e. The van der Waals surface area contributed by atoms with Gasteiger partial charge in [-0.15, -0.1) is 0 Å². The van der Waals surface area contributed by atoms with Crippen LogP contribution in [0.5, 0.6) is 0 Å². The zero-order valence-corrected chi connectivity index (χ0v) is 9.75. The fourth-order valence-corrected chi connectivity index (χ4v) is 1.88. The lowest BCUT2D eigenvalue weighted by Gasteiger charge is -2.07. The predicted octanol–water partition coefficient (Wildman–Crippen LogP) is 2.81. The number of rotatable bonds is 5. The van der Waals surface area contributed by atoms with Crippen molar-refractivity contribution in [1.29, 1.82) is 0 Å². The van der Waals surface area contributed by atoms with Crippen LogP contribution in [-0.2, 0) is 5.75 Å². The molecule has 0 amide bonds. The second-order valence-electron chi connectivity index (χ2n) is 3.35. The fraction of sp³-hybridized carbons (Fsp3) is 0.455. The molecule has 4 heteroatoms. The van der Waals surface area contributed by atoms with E-state index in [0.717, 1.165) is 17.9 Å². The number of carboxylic acids is 1. The highest BCUT2D eigenvalue weighted by Crippen LogP contribution is 2.18. The van der Waals surface area contributed by atoms with Crippen molar-refractivity contribution in [1.82, 2.24) is 4.98 Å². The van der Waals surface area contributed by atoms with E-state index in [1.165, 1.54) is 6.07 Å². The normalized spacial score (nSPS) is 12.4. The summed E-state index contributed by atoms with van der Waals surface area (Å²) in [5.74, 6) is -0.193. The lowest BCUT2D eigenvalue weighted by Crippen LogP contribution is -2.02. The molecule has 0 spiro atoms. The van der Waals surface area contributed by atoms with E-state index in [0.29, 0.717) is 5.25 Å². The van der Waals surface area contributed by atoms with Crippen LogP contribution in [0.2, 0.25) is 0 Å². The van der Waals surface area contributed by atoms with E-state index >= 15 is 0 Å². The molecule has 0 aliphatic heterocycles. The minimum absolute atomic E-state index is 0.122. The molecule has 0 bridgehead atoms. The van der Waals surface area contributed by atoms with Crippen LogP contribution in [0.15, 0.2) is 18.2 Å². The van der Waals surface area contributed by atoms with E-state index in [9.17, 15) is 4.79 Å². The lowest BCUT2D eigenvalue weighted by atomic mass is 10.3. The molecule has 15 heavy (non-hydrogen) atoms. The quantitative estimate of drug-likeness (QED) is 0.837. The van der Waals surface area contributed by atoms with Crippen molar-refractivity contribution in [2.24, 2.45) is 0 Å². The van der Waals surface area contributed by atoms with Crippen molar-refractivity contribution in [2.45, 2.75) is 31.3 Å². The first kappa shape index (κ1) is 12.0. The number of carboxylic acid groups (broad SMARTS) is 1. The number of carbonyl (C=O) groups is 1. The molecular formula is C11H15NO2S. The smallest absolute Gasteiger partial charge is 0.354 e. The molecule has 0 aliphatic rings. The third-order valence-corrected chi connectivity index (χ3v) is 3.48. The average molecular weight is 225 g/mol. The van der Waals surface area contributed by atoms with Gasteiger partial charge in [0.15, 0.2) is 0 Å². The topological polar surface area (TPSA) is 50.2 Å². The molecule has 1 unspecified atom stereocenters. The molecule has 1 N–H and O–H groups in total. The molecular weight excluding hydrogens is 210 g/mol. The van der Waals surface area contributed by atoms with Crippen molar-refractivity contribution < 1.29 is 9.90 Å². The number of hydrogen-bond donors (Lipinski definition) is 1. The molecule has 1 heterocycles. The van der Waals surface area contributed by atoms with Gasteiger partial charge in [0.2, 0.25) is 0 Å². The van der Waals surface area contributed by atoms with Crippen molar-refractivity contribution in [3.8, 4) is 0 Å². The third-order valence-electron chi connectivity index (χ3n) is 2.12. The molecule has 1 atom stereocenters. The summed E-state index contributed by atoms with van der Waals surface area (Å²) in [6.45, 7) is 4.30. The van der Waals surface area contributed by atoms with Gasteiger partial charge in [-0.2, -0.15) is 11.8 Å². The average Bonchev–Trinajstić information content (AvgIpc) is 2.26. The van der Waals surface area contributed by atoms with Crippen molar-refractivity contribution in [3.63, 3.8) is 0 Å².